The van der Waals surface area contributed by atoms with Crippen molar-refractivity contribution in [1.82, 2.24) is 0 Å². The number of fused-ring (bicyclic) bond motifs is 1. The zero-order chi connectivity index (χ0) is 14.1. The summed E-state index contributed by atoms with van der Waals surface area (Å²) in [5, 5.41) is 10.4. The number of hydrogen-bond acceptors (Lipinski definition) is 1. The van der Waals surface area contributed by atoms with Gasteiger partial charge in [-0.15, -0.1) is 0 Å². The third-order valence-corrected chi connectivity index (χ3v) is 4.12. The first-order valence-corrected chi connectivity index (χ1v) is 6.85. The topological polar surface area (TPSA) is 20.2 Å². The van der Waals surface area contributed by atoms with Gasteiger partial charge in [0.1, 0.15) is 0 Å². The Hall–Kier alpha value is -1.74. The molecule has 2 aromatic rings. The quantitative estimate of drug-likeness (QED) is 0.883. The molecule has 104 valence electrons. The lowest BCUT2D eigenvalue weighted by atomic mass is 9.79. The number of hydrogen-bond donors (Lipinski definition) is 1. The van der Waals surface area contributed by atoms with E-state index in [1.54, 1.807) is 0 Å². The van der Waals surface area contributed by atoms with Crippen LogP contribution >= 0.6 is 0 Å². The largest absolute Gasteiger partial charge is 0.388 e. The van der Waals surface area contributed by atoms with Gasteiger partial charge in [-0.1, -0.05) is 30.3 Å². The maximum atomic E-state index is 13.3. The van der Waals surface area contributed by atoms with Gasteiger partial charge in [-0.2, -0.15) is 0 Å². The van der Waals surface area contributed by atoms with Crippen LogP contribution in [0.4, 0.5) is 8.78 Å². The molecule has 2 aromatic carbocycles. The van der Waals surface area contributed by atoms with Gasteiger partial charge in [-0.25, -0.2) is 8.78 Å². The maximum absolute atomic E-state index is 13.3. The van der Waals surface area contributed by atoms with Crippen molar-refractivity contribution >= 4 is 0 Å². The minimum atomic E-state index is -0.905. The van der Waals surface area contributed by atoms with Crippen molar-refractivity contribution in [3.05, 3.63) is 70.8 Å². The van der Waals surface area contributed by atoms with Gasteiger partial charge in [0.05, 0.1) is 6.10 Å². The summed E-state index contributed by atoms with van der Waals surface area (Å²) in [6.45, 7) is 0. The van der Waals surface area contributed by atoms with E-state index in [1.807, 2.05) is 12.1 Å². The van der Waals surface area contributed by atoms with E-state index in [-0.39, 0.29) is 5.92 Å². The van der Waals surface area contributed by atoms with Crippen molar-refractivity contribution in [3.8, 4) is 0 Å². The number of halogens is 2. The fraction of sp³-hybridized carbons (Fsp3) is 0.294. The summed E-state index contributed by atoms with van der Waals surface area (Å²) < 4.78 is 26.2. The molecule has 0 heterocycles. The Bertz CT molecular complexity index is 624. The highest BCUT2D eigenvalue weighted by Gasteiger charge is 2.26. The third-order valence-electron chi connectivity index (χ3n) is 4.12. The van der Waals surface area contributed by atoms with Gasteiger partial charge in [0.2, 0.25) is 0 Å². The summed E-state index contributed by atoms with van der Waals surface area (Å²) in [5.41, 5.74) is 3.01. The fourth-order valence-corrected chi connectivity index (χ4v) is 2.96. The van der Waals surface area contributed by atoms with Crippen molar-refractivity contribution in [2.24, 2.45) is 5.92 Å². The number of aliphatic hydroxyl groups excluding tert-OH is 1. The van der Waals surface area contributed by atoms with Crippen molar-refractivity contribution in [1.29, 1.82) is 0 Å². The second kappa shape index (κ2) is 5.33. The Kier molecular flexibility index (Phi) is 3.53. The van der Waals surface area contributed by atoms with Gasteiger partial charge in [-0.3, -0.25) is 0 Å². The molecule has 2 atom stereocenters. The van der Waals surface area contributed by atoms with Crippen LogP contribution in [0.2, 0.25) is 0 Å². The molecule has 3 rings (SSSR count). The van der Waals surface area contributed by atoms with Crippen LogP contribution in [0.15, 0.2) is 42.5 Å². The molecule has 1 aliphatic rings. The Balaban J connectivity index is 1.82. The summed E-state index contributed by atoms with van der Waals surface area (Å²) in [4.78, 5) is 0. The molecular weight excluding hydrogens is 258 g/mol. The Morgan fingerprint density at radius 2 is 1.75 bits per heavy atom. The molecule has 20 heavy (non-hydrogen) atoms. The van der Waals surface area contributed by atoms with Crippen LogP contribution in [0, 0.1) is 17.6 Å². The minimum absolute atomic E-state index is 0.0507. The SMILES string of the molecule is OC(c1ccc(F)c(F)c1)C1CCc2ccccc2C1. The van der Waals surface area contributed by atoms with Gasteiger partial charge in [0.25, 0.3) is 0 Å². The van der Waals surface area contributed by atoms with Crippen LogP contribution in [0.3, 0.4) is 0 Å². The zero-order valence-electron chi connectivity index (χ0n) is 11.0. The first-order valence-electron chi connectivity index (χ1n) is 6.85. The lowest BCUT2D eigenvalue weighted by Gasteiger charge is -2.28. The number of rotatable bonds is 2. The first kappa shape index (κ1) is 13.3. The lowest BCUT2D eigenvalue weighted by Crippen LogP contribution is -2.21. The average molecular weight is 274 g/mol. The number of aryl methyl sites for hydroxylation is 1. The van der Waals surface area contributed by atoms with Crippen LogP contribution < -0.4 is 0 Å². The van der Waals surface area contributed by atoms with Gasteiger partial charge < -0.3 is 5.11 Å². The van der Waals surface area contributed by atoms with Crippen LogP contribution in [-0.4, -0.2) is 5.11 Å². The highest BCUT2D eigenvalue weighted by molar-refractivity contribution is 5.31. The van der Waals surface area contributed by atoms with E-state index in [4.69, 9.17) is 0 Å². The third kappa shape index (κ3) is 2.46. The Labute approximate surface area is 116 Å². The molecule has 0 aromatic heterocycles. The lowest BCUT2D eigenvalue weighted by molar-refractivity contribution is 0.0991. The smallest absolute Gasteiger partial charge is 0.159 e. The molecule has 0 spiro atoms. The molecule has 0 amide bonds. The molecule has 0 bridgehead atoms. The standard InChI is InChI=1S/C17H16F2O/c18-15-8-7-14(10-16(15)19)17(20)13-6-5-11-3-1-2-4-12(11)9-13/h1-4,7-8,10,13,17,20H,5-6,9H2. The number of aliphatic hydroxyl groups is 1. The van der Waals surface area contributed by atoms with E-state index >= 15 is 0 Å². The van der Waals surface area contributed by atoms with E-state index in [0.717, 1.165) is 31.4 Å². The predicted molar refractivity (Wildman–Crippen MR) is 73.3 cm³/mol. The summed E-state index contributed by atoms with van der Waals surface area (Å²) in [6.07, 6.45) is 1.80. The minimum Gasteiger partial charge on any atom is -0.388 e. The molecule has 0 aliphatic heterocycles. The Morgan fingerprint density at radius 3 is 2.50 bits per heavy atom. The van der Waals surface area contributed by atoms with Crippen LogP contribution in [0.25, 0.3) is 0 Å². The molecule has 1 nitrogen and oxygen atoms in total. The summed E-state index contributed by atoms with van der Waals surface area (Å²) in [6, 6.07) is 11.8. The van der Waals surface area contributed by atoms with E-state index in [9.17, 15) is 13.9 Å². The highest BCUT2D eigenvalue weighted by Crippen LogP contribution is 2.34. The van der Waals surface area contributed by atoms with Crippen molar-refractivity contribution in [2.75, 3.05) is 0 Å². The van der Waals surface area contributed by atoms with Crippen LogP contribution in [-0.2, 0) is 12.8 Å². The predicted octanol–water partition coefficient (Wildman–Crippen LogP) is 3.80. The second-order valence-corrected chi connectivity index (χ2v) is 5.39. The summed E-state index contributed by atoms with van der Waals surface area (Å²) >= 11 is 0. The van der Waals surface area contributed by atoms with Crippen LogP contribution in [0.5, 0.6) is 0 Å². The summed E-state index contributed by atoms with van der Waals surface area (Å²) in [5.74, 6) is -1.73. The molecule has 3 heteroatoms. The molecule has 0 fully saturated rings. The average Bonchev–Trinajstić information content (AvgIpc) is 2.49. The van der Waals surface area contributed by atoms with E-state index in [0.29, 0.717) is 5.56 Å². The molecule has 2 unspecified atom stereocenters. The van der Waals surface area contributed by atoms with Gasteiger partial charge in [-0.05, 0) is 54.0 Å². The molecule has 0 radical (unpaired) electrons. The number of benzene rings is 2. The van der Waals surface area contributed by atoms with Crippen molar-refractivity contribution in [3.63, 3.8) is 0 Å². The van der Waals surface area contributed by atoms with Crippen molar-refractivity contribution < 1.29 is 13.9 Å². The fourth-order valence-electron chi connectivity index (χ4n) is 2.96. The first-order chi connectivity index (χ1) is 9.65. The van der Waals surface area contributed by atoms with Gasteiger partial charge in [0, 0.05) is 0 Å². The zero-order valence-corrected chi connectivity index (χ0v) is 11.0. The van der Waals surface area contributed by atoms with Gasteiger partial charge >= 0.3 is 0 Å². The monoisotopic (exact) mass is 274 g/mol. The van der Waals surface area contributed by atoms with E-state index in [2.05, 4.69) is 12.1 Å². The maximum Gasteiger partial charge on any atom is 0.159 e. The molecule has 1 aliphatic carbocycles. The summed E-state index contributed by atoms with van der Waals surface area (Å²) in [7, 11) is 0. The van der Waals surface area contributed by atoms with E-state index in [1.165, 1.54) is 17.2 Å². The van der Waals surface area contributed by atoms with Crippen molar-refractivity contribution in [2.45, 2.75) is 25.4 Å². The molecule has 0 saturated carbocycles. The molecular formula is C17H16F2O. The van der Waals surface area contributed by atoms with Gasteiger partial charge in [0.15, 0.2) is 11.6 Å². The Morgan fingerprint density at radius 1 is 1.00 bits per heavy atom. The second-order valence-electron chi connectivity index (χ2n) is 5.39. The van der Waals surface area contributed by atoms with Crippen LogP contribution in [0.1, 0.15) is 29.2 Å². The highest BCUT2D eigenvalue weighted by atomic mass is 19.2. The molecule has 1 N–H and O–H groups in total. The van der Waals surface area contributed by atoms with E-state index < -0.39 is 17.7 Å². The molecule has 0 saturated heterocycles. The normalized spacial score (nSPS) is 19.4.